The molecule has 0 unspecified atom stereocenters. The minimum atomic E-state index is -0.424. The predicted octanol–water partition coefficient (Wildman–Crippen LogP) is -0.0923. The van der Waals surface area contributed by atoms with Crippen molar-refractivity contribution in [3.05, 3.63) is 0 Å². The monoisotopic (exact) mass is 148 g/mol. The molecule has 0 saturated heterocycles. The van der Waals surface area contributed by atoms with Crippen LogP contribution in [0.15, 0.2) is 0 Å². The van der Waals surface area contributed by atoms with Crippen LogP contribution >= 0.6 is 0 Å². The lowest BCUT2D eigenvalue weighted by molar-refractivity contribution is -0.241. The van der Waals surface area contributed by atoms with E-state index in [1.165, 1.54) is 0 Å². The van der Waals surface area contributed by atoms with Gasteiger partial charge in [0.2, 0.25) is 6.48 Å². The summed E-state index contributed by atoms with van der Waals surface area (Å²) < 4.78 is 15.0. The summed E-state index contributed by atoms with van der Waals surface area (Å²) in [7, 11) is 0. The highest BCUT2D eigenvalue weighted by molar-refractivity contribution is 5.97. The van der Waals surface area contributed by atoms with Crippen molar-refractivity contribution in [1.82, 2.24) is 0 Å². The molecule has 0 aromatic carbocycles. The van der Waals surface area contributed by atoms with Gasteiger partial charge >= 0.3 is 16.6 Å². The Bertz CT molecular complexity index is 54.2. The number of hydrogen-bond donors (Lipinski definition) is 0. The van der Waals surface area contributed by atoms with Crippen LogP contribution in [0.2, 0.25) is 0 Å². The fraction of sp³-hybridized carbons (Fsp3) is 1.00. The van der Waals surface area contributed by atoms with Crippen molar-refractivity contribution in [3.8, 4) is 0 Å². The Hall–Kier alpha value is 0.412. The maximum atomic E-state index is 5.02. The third-order valence-corrected chi connectivity index (χ3v) is 1.18. The molecule has 0 heterocycles. The van der Waals surface area contributed by atoms with E-state index in [-0.39, 0.29) is 0 Å². The van der Waals surface area contributed by atoms with Gasteiger partial charge in [0.25, 0.3) is 0 Å². The smallest absolute Gasteiger partial charge is 0.417 e. The Morgan fingerprint density at radius 3 is 1.89 bits per heavy atom. The van der Waals surface area contributed by atoms with Crippen LogP contribution in [0.3, 0.4) is 0 Å². The van der Waals surface area contributed by atoms with Crippen LogP contribution < -0.4 is 0 Å². The van der Waals surface area contributed by atoms with E-state index in [9.17, 15) is 0 Å². The molecule has 0 atom stereocenters. The Kier molecular flexibility index (Phi) is 6.83. The molecular weight excluding hydrogens is 135 g/mol. The van der Waals surface area contributed by atoms with Crippen molar-refractivity contribution < 1.29 is 13.3 Å². The average Bonchev–Trinajstić information content (AvgIpc) is 1.88. The summed E-state index contributed by atoms with van der Waals surface area (Å²) in [6, 6.07) is 0. The largest absolute Gasteiger partial charge is 0.464 e. The predicted molar refractivity (Wildman–Crippen MR) is 36.7 cm³/mol. The van der Waals surface area contributed by atoms with Gasteiger partial charge in [-0.25, -0.2) is 0 Å². The SMILES string of the molecule is CCOC([O][AlH2])OCC. The summed E-state index contributed by atoms with van der Waals surface area (Å²) in [5, 5.41) is 0. The molecule has 0 radical (unpaired) electrons. The van der Waals surface area contributed by atoms with Gasteiger partial charge in [-0.2, -0.15) is 0 Å². The summed E-state index contributed by atoms with van der Waals surface area (Å²) >= 11 is 0.651. The first-order chi connectivity index (χ1) is 4.35. The molecular formula is C5H13AlO3. The Balaban J connectivity index is 3.18. The molecule has 0 saturated carbocycles. The van der Waals surface area contributed by atoms with Gasteiger partial charge < -0.3 is 13.3 Å². The van der Waals surface area contributed by atoms with Crippen LogP contribution in [0.4, 0.5) is 0 Å². The van der Waals surface area contributed by atoms with Crippen LogP contribution in [-0.4, -0.2) is 36.3 Å². The van der Waals surface area contributed by atoms with Gasteiger partial charge in [0, 0.05) is 13.2 Å². The van der Waals surface area contributed by atoms with Crippen LogP contribution in [-0.2, 0) is 13.3 Å². The molecule has 0 aromatic rings. The molecule has 0 aromatic heterocycles. The number of ether oxygens (including phenoxy) is 2. The normalized spacial score (nSPS) is 10.6. The van der Waals surface area contributed by atoms with Gasteiger partial charge in [-0.3, -0.25) is 0 Å². The summed E-state index contributed by atoms with van der Waals surface area (Å²) in [4.78, 5) is 0. The van der Waals surface area contributed by atoms with E-state index in [1.807, 2.05) is 13.8 Å². The van der Waals surface area contributed by atoms with Crippen molar-refractivity contribution in [2.45, 2.75) is 20.3 Å². The van der Waals surface area contributed by atoms with Gasteiger partial charge in [0.05, 0.1) is 0 Å². The Labute approximate surface area is 64.0 Å². The highest BCUT2D eigenvalue weighted by Crippen LogP contribution is 1.93. The summed E-state index contributed by atoms with van der Waals surface area (Å²) in [5.74, 6) is 0. The molecule has 0 amide bonds. The van der Waals surface area contributed by atoms with Crippen molar-refractivity contribution in [3.63, 3.8) is 0 Å². The van der Waals surface area contributed by atoms with Crippen molar-refractivity contribution in [1.29, 1.82) is 0 Å². The summed E-state index contributed by atoms with van der Waals surface area (Å²) in [6.45, 7) is 4.66. The number of rotatable bonds is 5. The first-order valence-corrected chi connectivity index (χ1v) is 3.92. The van der Waals surface area contributed by atoms with Crippen LogP contribution in [0, 0.1) is 0 Å². The second-order valence-electron chi connectivity index (χ2n) is 1.44. The molecule has 0 N–H and O–H groups in total. The molecule has 4 heteroatoms. The minimum Gasteiger partial charge on any atom is -0.464 e. The second-order valence-corrected chi connectivity index (χ2v) is 1.91. The lowest BCUT2D eigenvalue weighted by atomic mass is 10.8. The Morgan fingerprint density at radius 2 is 1.67 bits per heavy atom. The van der Waals surface area contributed by atoms with E-state index < -0.39 is 6.48 Å². The summed E-state index contributed by atoms with van der Waals surface area (Å²) in [6.07, 6.45) is 0. The maximum absolute atomic E-state index is 5.02. The average molecular weight is 148 g/mol. The van der Waals surface area contributed by atoms with E-state index in [4.69, 9.17) is 13.3 Å². The second kappa shape index (κ2) is 6.53. The molecule has 54 valence electrons. The molecule has 0 fully saturated rings. The lowest BCUT2D eigenvalue weighted by Gasteiger charge is -2.15. The Morgan fingerprint density at radius 1 is 1.22 bits per heavy atom. The molecule has 3 nitrogen and oxygen atoms in total. The first-order valence-electron chi connectivity index (χ1n) is 3.11. The van der Waals surface area contributed by atoms with E-state index in [0.717, 1.165) is 0 Å². The maximum Gasteiger partial charge on any atom is 0.417 e. The third kappa shape index (κ3) is 4.89. The zero-order valence-electron chi connectivity index (χ0n) is 6.22. The van der Waals surface area contributed by atoms with E-state index in [1.54, 1.807) is 0 Å². The van der Waals surface area contributed by atoms with Gasteiger partial charge in [0.15, 0.2) is 0 Å². The van der Waals surface area contributed by atoms with Crippen LogP contribution in [0.1, 0.15) is 13.8 Å². The van der Waals surface area contributed by atoms with E-state index in [0.29, 0.717) is 29.8 Å². The number of hydrogen-bond acceptors (Lipinski definition) is 3. The van der Waals surface area contributed by atoms with Crippen molar-refractivity contribution in [2.24, 2.45) is 0 Å². The molecule has 0 aliphatic rings. The molecule has 0 rings (SSSR count). The van der Waals surface area contributed by atoms with Crippen molar-refractivity contribution >= 4 is 16.6 Å². The van der Waals surface area contributed by atoms with E-state index in [2.05, 4.69) is 0 Å². The molecule has 0 bridgehead atoms. The standard InChI is InChI=1S/C5H11O3.Al.2H/c1-3-7-5(6)8-4-2;;;/h5H,3-4H2,1-2H3;;;/q-1;+1;;. The van der Waals surface area contributed by atoms with Crippen LogP contribution in [0.5, 0.6) is 0 Å². The zero-order chi connectivity index (χ0) is 7.11. The van der Waals surface area contributed by atoms with Gasteiger partial charge in [0.1, 0.15) is 0 Å². The molecule has 0 aliphatic heterocycles. The van der Waals surface area contributed by atoms with Crippen molar-refractivity contribution in [2.75, 3.05) is 13.2 Å². The summed E-state index contributed by atoms with van der Waals surface area (Å²) in [5.41, 5.74) is 0. The molecule has 0 aliphatic carbocycles. The van der Waals surface area contributed by atoms with Gasteiger partial charge in [-0.1, -0.05) is 0 Å². The highest BCUT2D eigenvalue weighted by Gasteiger charge is 2.01. The first kappa shape index (κ1) is 9.41. The quantitative estimate of drug-likeness (QED) is 0.402. The fourth-order valence-electron chi connectivity index (χ4n) is 0.456. The zero-order valence-corrected chi connectivity index (χ0v) is 8.22. The van der Waals surface area contributed by atoms with E-state index >= 15 is 0 Å². The van der Waals surface area contributed by atoms with Gasteiger partial charge in [-0.15, -0.1) is 0 Å². The molecule has 9 heavy (non-hydrogen) atoms. The third-order valence-electron chi connectivity index (χ3n) is 0.798. The van der Waals surface area contributed by atoms with Crippen LogP contribution in [0.25, 0.3) is 0 Å². The molecule has 0 spiro atoms. The van der Waals surface area contributed by atoms with Gasteiger partial charge in [-0.05, 0) is 13.8 Å². The topological polar surface area (TPSA) is 27.7 Å². The lowest BCUT2D eigenvalue weighted by Crippen LogP contribution is -2.19. The fourth-order valence-corrected chi connectivity index (χ4v) is 0.729. The highest BCUT2D eigenvalue weighted by atomic mass is 27.1. The minimum absolute atomic E-state index is 0.424.